The maximum atomic E-state index is 14.1. The van der Waals surface area contributed by atoms with Crippen molar-refractivity contribution >= 4 is 33.5 Å². The minimum Gasteiger partial charge on any atom is -0.378 e. The number of ether oxygens (including phenoxy) is 1. The number of sulfonamides is 1. The number of nitrogens with one attached hydrogen (secondary N) is 2. The number of hydrogen-bond acceptors (Lipinski definition) is 6. The van der Waals surface area contributed by atoms with Gasteiger partial charge in [0.15, 0.2) is 11.6 Å². The number of morpholine rings is 1. The number of halogens is 3. The van der Waals surface area contributed by atoms with E-state index in [0.717, 1.165) is 18.4 Å². The number of hydrogen-bond donors (Lipinski definition) is 2. The van der Waals surface area contributed by atoms with E-state index in [1.807, 2.05) is 4.90 Å². The molecule has 2 heterocycles. The zero-order valence-corrected chi connectivity index (χ0v) is 18.6. The van der Waals surface area contributed by atoms with Crippen molar-refractivity contribution in [3.05, 3.63) is 58.8 Å². The summed E-state index contributed by atoms with van der Waals surface area (Å²) in [7, 11) is -3.86. The Balaban J connectivity index is 1.68. The van der Waals surface area contributed by atoms with Crippen LogP contribution >= 0.6 is 0 Å². The summed E-state index contributed by atoms with van der Waals surface area (Å²) >= 11 is 0. The second kappa shape index (κ2) is 10.7. The monoisotopic (exact) mass is 484 g/mol. The summed E-state index contributed by atoms with van der Waals surface area (Å²) in [5, 5.41) is 2.50. The molecule has 33 heavy (non-hydrogen) atoms. The fraction of sp³-hybridized carbons (Fsp3) is 0.333. The van der Waals surface area contributed by atoms with Gasteiger partial charge in [-0.25, -0.2) is 26.6 Å². The van der Waals surface area contributed by atoms with E-state index < -0.39 is 39.9 Å². The Morgan fingerprint density at radius 3 is 2.48 bits per heavy atom. The number of anilines is 2. The molecule has 0 radical (unpaired) electrons. The Kier molecular flexibility index (Phi) is 7.92. The lowest BCUT2D eigenvalue weighted by atomic mass is 10.1. The van der Waals surface area contributed by atoms with Gasteiger partial charge < -0.3 is 15.0 Å². The molecule has 8 nitrogen and oxygen atoms in total. The van der Waals surface area contributed by atoms with Crippen LogP contribution in [0.3, 0.4) is 0 Å². The van der Waals surface area contributed by atoms with Gasteiger partial charge in [-0.05, 0) is 35.9 Å². The molecule has 12 heteroatoms. The van der Waals surface area contributed by atoms with Gasteiger partial charge in [0.25, 0.3) is 0 Å². The molecule has 1 aliphatic heterocycles. The van der Waals surface area contributed by atoms with Crippen molar-refractivity contribution in [2.45, 2.75) is 13.2 Å². The maximum absolute atomic E-state index is 14.1. The van der Waals surface area contributed by atoms with Gasteiger partial charge in [-0.2, -0.15) is 0 Å². The number of carbonyl (C=O) groups is 1. The van der Waals surface area contributed by atoms with Gasteiger partial charge >= 0.3 is 0 Å². The van der Waals surface area contributed by atoms with Gasteiger partial charge in [-0.15, -0.1) is 0 Å². The predicted molar refractivity (Wildman–Crippen MR) is 118 cm³/mol. The molecule has 2 aromatic rings. The number of aromatic nitrogens is 1. The Labute approximate surface area is 189 Å². The third kappa shape index (κ3) is 6.93. The fourth-order valence-electron chi connectivity index (χ4n) is 3.16. The molecule has 1 fully saturated rings. The van der Waals surface area contributed by atoms with Crippen LogP contribution in [0.5, 0.6) is 0 Å². The molecule has 1 aliphatic rings. The van der Waals surface area contributed by atoms with Gasteiger partial charge in [-0.1, -0.05) is 0 Å². The average molecular weight is 485 g/mol. The number of nitrogens with zero attached hydrogens (tertiary/aromatic N) is 2. The highest BCUT2D eigenvalue weighted by atomic mass is 32.2. The summed E-state index contributed by atoms with van der Waals surface area (Å²) in [6.45, 7) is 1.28. The van der Waals surface area contributed by atoms with E-state index in [4.69, 9.17) is 4.74 Å². The molecule has 0 unspecified atom stereocenters. The van der Waals surface area contributed by atoms with Crippen molar-refractivity contribution in [3.8, 4) is 0 Å². The standard InChI is InChI=1S/C21H23F3N4O4S/c1-33(30,31)27-20-17(23)10-14(11-18(20)24)13-25-19(29)5-3-15-2-4-16(12-22)26-21(15)28-6-8-32-9-7-28/h2-5,10-11,27H,6-9,12-13H2,1H3,(H,25,29)/b5-3+. The molecule has 1 aromatic heterocycles. The Morgan fingerprint density at radius 2 is 1.88 bits per heavy atom. The molecule has 0 aliphatic carbocycles. The van der Waals surface area contributed by atoms with Crippen LogP contribution in [-0.4, -0.2) is 51.9 Å². The SMILES string of the molecule is CS(=O)(=O)Nc1c(F)cc(CNC(=O)/C=C/c2ccc(CF)nc2N2CCOCC2)cc1F. The molecule has 1 saturated heterocycles. The summed E-state index contributed by atoms with van der Waals surface area (Å²) in [4.78, 5) is 18.5. The fourth-order valence-corrected chi connectivity index (χ4v) is 3.72. The summed E-state index contributed by atoms with van der Waals surface area (Å²) in [6.07, 6.45) is 3.54. The molecule has 2 N–H and O–H groups in total. The van der Waals surface area contributed by atoms with Gasteiger partial charge in [-0.3, -0.25) is 9.52 Å². The normalized spacial score (nSPS) is 14.5. The summed E-state index contributed by atoms with van der Waals surface area (Å²) in [5.41, 5.74) is 0.203. The first kappa shape index (κ1) is 24.5. The highest BCUT2D eigenvalue weighted by Crippen LogP contribution is 2.23. The van der Waals surface area contributed by atoms with Crippen molar-refractivity contribution < 1.29 is 31.1 Å². The first-order chi connectivity index (χ1) is 15.7. The number of alkyl halides is 1. The van der Waals surface area contributed by atoms with Crippen LogP contribution in [0, 0.1) is 11.6 Å². The molecule has 0 bridgehead atoms. The lowest BCUT2D eigenvalue weighted by Crippen LogP contribution is -2.37. The van der Waals surface area contributed by atoms with Gasteiger partial charge in [0.1, 0.15) is 18.2 Å². The third-order valence-corrected chi connectivity index (χ3v) is 5.26. The topological polar surface area (TPSA) is 101 Å². The van der Waals surface area contributed by atoms with Gasteiger partial charge in [0.05, 0.1) is 25.2 Å². The molecule has 0 atom stereocenters. The number of benzene rings is 1. The molecule has 0 spiro atoms. The van der Waals surface area contributed by atoms with Crippen molar-refractivity contribution in [2.75, 3.05) is 42.2 Å². The molecular weight excluding hydrogens is 461 g/mol. The first-order valence-electron chi connectivity index (χ1n) is 9.96. The van der Waals surface area contributed by atoms with E-state index in [2.05, 4.69) is 10.3 Å². The maximum Gasteiger partial charge on any atom is 0.244 e. The van der Waals surface area contributed by atoms with Crippen LogP contribution in [-0.2, 0) is 32.8 Å². The smallest absolute Gasteiger partial charge is 0.244 e. The lowest BCUT2D eigenvalue weighted by molar-refractivity contribution is -0.116. The van der Waals surface area contributed by atoms with E-state index in [9.17, 15) is 26.4 Å². The van der Waals surface area contributed by atoms with E-state index in [0.29, 0.717) is 37.7 Å². The van der Waals surface area contributed by atoms with Crippen LogP contribution in [0.25, 0.3) is 6.08 Å². The number of amides is 1. The van der Waals surface area contributed by atoms with Crippen LogP contribution < -0.4 is 14.9 Å². The second-order valence-electron chi connectivity index (χ2n) is 7.31. The minimum atomic E-state index is -3.86. The zero-order valence-electron chi connectivity index (χ0n) is 17.8. The minimum absolute atomic E-state index is 0.105. The molecule has 1 amide bonds. The van der Waals surface area contributed by atoms with E-state index >= 15 is 0 Å². The Hall–Kier alpha value is -3.12. The average Bonchev–Trinajstić information content (AvgIpc) is 2.78. The number of carbonyl (C=O) groups excluding carboxylic acids is 1. The zero-order chi connectivity index (χ0) is 24.0. The van der Waals surface area contributed by atoms with Crippen molar-refractivity contribution in [2.24, 2.45) is 0 Å². The van der Waals surface area contributed by atoms with Crippen molar-refractivity contribution in [1.82, 2.24) is 10.3 Å². The summed E-state index contributed by atoms with van der Waals surface area (Å²) < 4.78 is 70.7. The lowest BCUT2D eigenvalue weighted by Gasteiger charge is -2.29. The molecule has 1 aromatic carbocycles. The Bertz CT molecular complexity index is 1130. The van der Waals surface area contributed by atoms with E-state index in [1.165, 1.54) is 18.2 Å². The molecule has 3 rings (SSSR count). The van der Waals surface area contributed by atoms with E-state index in [-0.39, 0.29) is 17.8 Å². The molecular formula is C21H23F3N4O4S. The molecule has 0 saturated carbocycles. The summed E-state index contributed by atoms with van der Waals surface area (Å²) in [6, 6.07) is 5.04. The number of rotatable bonds is 8. The summed E-state index contributed by atoms with van der Waals surface area (Å²) in [5.74, 6) is -2.20. The largest absolute Gasteiger partial charge is 0.378 e. The second-order valence-corrected chi connectivity index (χ2v) is 9.06. The number of pyridine rings is 1. The van der Waals surface area contributed by atoms with Crippen LogP contribution in [0.1, 0.15) is 16.8 Å². The van der Waals surface area contributed by atoms with Crippen LogP contribution in [0.2, 0.25) is 0 Å². The molecule has 178 valence electrons. The van der Waals surface area contributed by atoms with Gasteiger partial charge in [0.2, 0.25) is 15.9 Å². The third-order valence-electron chi connectivity index (χ3n) is 4.68. The quantitative estimate of drug-likeness (QED) is 0.558. The van der Waals surface area contributed by atoms with Crippen molar-refractivity contribution in [3.63, 3.8) is 0 Å². The predicted octanol–water partition coefficient (Wildman–Crippen LogP) is 2.37. The van der Waals surface area contributed by atoms with Crippen LogP contribution in [0.15, 0.2) is 30.3 Å². The highest BCUT2D eigenvalue weighted by molar-refractivity contribution is 7.92. The van der Waals surface area contributed by atoms with E-state index in [1.54, 1.807) is 10.8 Å². The Morgan fingerprint density at radius 1 is 1.21 bits per heavy atom. The highest BCUT2D eigenvalue weighted by Gasteiger charge is 2.17. The van der Waals surface area contributed by atoms with Crippen molar-refractivity contribution in [1.29, 1.82) is 0 Å². The first-order valence-corrected chi connectivity index (χ1v) is 11.9. The van der Waals surface area contributed by atoms with Crippen LogP contribution in [0.4, 0.5) is 24.7 Å². The van der Waals surface area contributed by atoms with Gasteiger partial charge in [0, 0.05) is 31.3 Å².